The zero-order valence-electron chi connectivity index (χ0n) is 8.14. The van der Waals surface area contributed by atoms with Crippen LogP contribution in [0.15, 0.2) is 30.6 Å². The second-order valence-electron chi connectivity index (χ2n) is 3.26. The minimum Gasteiger partial charge on any atom is -0.298 e. The van der Waals surface area contributed by atoms with Gasteiger partial charge in [-0.05, 0) is 17.7 Å². The molecule has 0 atom stereocenters. The van der Waals surface area contributed by atoms with Gasteiger partial charge in [0, 0.05) is 18.8 Å². The topological polar surface area (TPSA) is 34.9 Å². The molecule has 2 rings (SSSR count). The van der Waals surface area contributed by atoms with E-state index in [1.54, 1.807) is 30.2 Å². The third-order valence-electron chi connectivity index (χ3n) is 2.17. The van der Waals surface area contributed by atoms with Gasteiger partial charge in [0.2, 0.25) is 0 Å². The lowest BCUT2D eigenvalue weighted by Crippen LogP contribution is -1.88. The summed E-state index contributed by atoms with van der Waals surface area (Å²) >= 11 is 0. The van der Waals surface area contributed by atoms with Gasteiger partial charge < -0.3 is 0 Å². The molecule has 1 heterocycles. The summed E-state index contributed by atoms with van der Waals surface area (Å²) in [5.74, 6) is -0.508. The van der Waals surface area contributed by atoms with Gasteiger partial charge in [-0.25, -0.2) is 4.39 Å². The van der Waals surface area contributed by atoms with Gasteiger partial charge >= 0.3 is 0 Å². The SMILES string of the molecule is Cn1cc(-c2ccc(C=O)c(F)c2)cn1. The summed E-state index contributed by atoms with van der Waals surface area (Å²) in [4.78, 5) is 10.4. The lowest BCUT2D eigenvalue weighted by molar-refractivity contribution is 0.112. The van der Waals surface area contributed by atoms with Crippen LogP contribution in [-0.4, -0.2) is 16.1 Å². The van der Waals surface area contributed by atoms with E-state index in [9.17, 15) is 9.18 Å². The molecule has 0 N–H and O–H groups in total. The molecule has 4 heteroatoms. The van der Waals surface area contributed by atoms with Crippen LogP contribution in [0.1, 0.15) is 10.4 Å². The average Bonchev–Trinajstić information content (AvgIpc) is 2.65. The summed E-state index contributed by atoms with van der Waals surface area (Å²) in [6, 6.07) is 4.50. The third kappa shape index (κ3) is 1.79. The number of aromatic nitrogens is 2. The first-order valence-electron chi connectivity index (χ1n) is 4.44. The number of aldehydes is 1. The van der Waals surface area contributed by atoms with Crippen LogP contribution in [0.2, 0.25) is 0 Å². The van der Waals surface area contributed by atoms with Crippen LogP contribution in [0.25, 0.3) is 11.1 Å². The van der Waals surface area contributed by atoms with E-state index in [2.05, 4.69) is 5.10 Å². The summed E-state index contributed by atoms with van der Waals surface area (Å²) in [5.41, 5.74) is 1.61. The van der Waals surface area contributed by atoms with Crippen molar-refractivity contribution >= 4 is 6.29 Å². The van der Waals surface area contributed by atoms with Gasteiger partial charge in [-0.2, -0.15) is 5.10 Å². The molecule has 0 bridgehead atoms. The first-order valence-corrected chi connectivity index (χ1v) is 4.44. The van der Waals surface area contributed by atoms with E-state index < -0.39 is 5.82 Å². The molecule has 1 aromatic heterocycles. The Morgan fingerprint density at radius 1 is 1.40 bits per heavy atom. The first-order chi connectivity index (χ1) is 7.20. The maximum Gasteiger partial charge on any atom is 0.152 e. The lowest BCUT2D eigenvalue weighted by atomic mass is 10.1. The van der Waals surface area contributed by atoms with Crippen molar-refractivity contribution in [2.45, 2.75) is 0 Å². The molecule has 0 unspecified atom stereocenters. The number of aryl methyl sites for hydroxylation is 1. The highest BCUT2D eigenvalue weighted by Crippen LogP contribution is 2.20. The Kier molecular flexibility index (Phi) is 2.33. The molecule has 76 valence electrons. The minimum absolute atomic E-state index is 0.0719. The molecule has 0 amide bonds. The first kappa shape index (κ1) is 9.58. The highest BCUT2D eigenvalue weighted by Gasteiger charge is 2.05. The molecular formula is C11H9FN2O. The highest BCUT2D eigenvalue weighted by atomic mass is 19.1. The van der Waals surface area contributed by atoms with Crippen molar-refractivity contribution < 1.29 is 9.18 Å². The second-order valence-corrected chi connectivity index (χ2v) is 3.26. The van der Waals surface area contributed by atoms with Gasteiger partial charge in [0.15, 0.2) is 6.29 Å². The Morgan fingerprint density at radius 2 is 2.20 bits per heavy atom. The fourth-order valence-corrected chi connectivity index (χ4v) is 1.37. The van der Waals surface area contributed by atoms with Gasteiger partial charge in [-0.15, -0.1) is 0 Å². The van der Waals surface area contributed by atoms with E-state index in [1.165, 1.54) is 12.1 Å². The van der Waals surface area contributed by atoms with E-state index in [1.807, 2.05) is 0 Å². The zero-order valence-corrected chi connectivity index (χ0v) is 8.14. The summed E-state index contributed by atoms with van der Waals surface area (Å²) in [7, 11) is 1.79. The number of carbonyl (C=O) groups excluding carboxylic acids is 1. The zero-order chi connectivity index (χ0) is 10.8. The van der Waals surface area contributed by atoms with Crippen LogP contribution >= 0.6 is 0 Å². The molecule has 0 saturated heterocycles. The van der Waals surface area contributed by atoms with Crippen molar-refractivity contribution in [2.24, 2.45) is 7.05 Å². The van der Waals surface area contributed by atoms with Gasteiger partial charge in [-0.3, -0.25) is 9.48 Å². The largest absolute Gasteiger partial charge is 0.298 e. The van der Waals surface area contributed by atoms with Crippen molar-refractivity contribution in [3.63, 3.8) is 0 Å². The fourth-order valence-electron chi connectivity index (χ4n) is 1.37. The van der Waals surface area contributed by atoms with Crippen LogP contribution in [0.3, 0.4) is 0 Å². The van der Waals surface area contributed by atoms with E-state index in [0.29, 0.717) is 11.8 Å². The smallest absolute Gasteiger partial charge is 0.152 e. The van der Waals surface area contributed by atoms with Crippen molar-refractivity contribution in [3.8, 4) is 11.1 Å². The Bertz CT molecular complexity index is 505. The van der Waals surface area contributed by atoms with Gasteiger partial charge in [-0.1, -0.05) is 6.07 Å². The van der Waals surface area contributed by atoms with Crippen LogP contribution in [0.5, 0.6) is 0 Å². The predicted octanol–water partition coefficient (Wildman–Crippen LogP) is 2.04. The quantitative estimate of drug-likeness (QED) is 0.701. The van der Waals surface area contributed by atoms with Crippen LogP contribution in [0, 0.1) is 5.82 Å². The number of hydrogen-bond donors (Lipinski definition) is 0. The molecule has 0 aliphatic heterocycles. The maximum absolute atomic E-state index is 13.3. The molecule has 0 spiro atoms. The van der Waals surface area contributed by atoms with Crippen molar-refractivity contribution in [1.82, 2.24) is 9.78 Å². The Balaban J connectivity index is 2.46. The number of halogens is 1. The van der Waals surface area contributed by atoms with Crippen LogP contribution < -0.4 is 0 Å². The number of rotatable bonds is 2. The summed E-state index contributed by atoms with van der Waals surface area (Å²) in [6.07, 6.45) is 3.94. The van der Waals surface area contributed by atoms with Crippen LogP contribution in [0.4, 0.5) is 4.39 Å². The number of nitrogens with zero attached hydrogens (tertiary/aromatic N) is 2. The van der Waals surface area contributed by atoms with Crippen molar-refractivity contribution in [2.75, 3.05) is 0 Å². The standard InChI is InChI=1S/C11H9FN2O/c1-14-6-10(5-13-14)8-2-3-9(7-15)11(12)4-8/h2-7H,1H3. The summed E-state index contributed by atoms with van der Waals surface area (Å²) < 4.78 is 14.9. The Labute approximate surface area is 86.2 Å². The molecule has 0 radical (unpaired) electrons. The molecule has 0 fully saturated rings. The normalized spacial score (nSPS) is 10.3. The molecule has 0 aliphatic rings. The number of carbonyl (C=O) groups is 1. The van der Waals surface area contributed by atoms with E-state index >= 15 is 0 Å². The monoisotopic (exact) mass is 204 g/mol. The third-order valence-corrected chi connectivity index (χ3v) is 2.17. The van der Waals surface area contributed by atoms with Crippen LogP contribution in [-0.2, 0) is 7.05 Å². The van der Waals surface area contributed by atoms with E-state index in [-0.39, 0.29) is 5.56 Å². The van der Waals surface area contributed by atoms with Gasteiger partial charge in [0.1, 0.15) is 5.82 Å². The Morgan fingerprint density at radius 3 is 2.73 bits per heavy atom. The highest BCUT2D eigenvalue weighted by molar-refractivity contribution is 5.77. The molecule has 2 aromatic rings. The predicted molar refractivity (Wildman–Crippen MR) is 54.0 cm³/mol. The molecule has 0 aliphatic carbocycles. The second kappa shape index (κ2) is 3.65. The molecule has 0 saturated carbocycles. The van der Waals surface area contributed by atoms with Gasteiger partial charge in [0.25, 0.3) is 0 Å². The van der Waals surface area contributed by atoms with E-state index in [0.717, 1.165) is 5.56 Å². The molecule has 15 heavy (non-hydrogen) atoms. The van der Waals surface area contributed by atoms with Crippen molar-refractivity contribution in [3.05, 3.63) is 42.0 Å². The molecule has 1 aromatic carbocycles. The molecular weight excluding hydrogens is 195 g/mol. The fraction of sp³-hybridized carbons (Fsp3) is 0.0909. The van der Waals surface area contributed by atoms with Gasteiger partial charge in [0.05, 0.1) is 11.8 Å². The summed E-state index contributed by atoms with van der Waals surface area (Å²) in [5, 5.41) is 3.99. The minimum atomic E-state index is -0.508. The maximum atomic E-state index is 13.3. The number of hydrogen-bond acceptors (Lipinski definition) is 2. The van der Waals surface area contributed by atoms with E-state index in [4.69, 9.17) is 0 Å². The Hall–Kier alpha value is -1.97. The average molecular weight is 204 g/mol. The molecule has 3 nitrogen and oxygen atoms in total. The van der Waals surface area contributed by atoms with Crippen molar-refractivity contribution in [1.29, 1.82) is 0 Å². The lowest BCUT2D eigenvalue weighted by Gasteiger charge is -1.99. The summed E-state index contributed by atoms with van der Waals surface area (Å²) in [6.45, 7) is 0. The number of benzene rings is 1.